The Hall–Kier alpha value is -2.27. The SMILES string of the molecule is CCOC(=O)OCC1=Nc2cccc3cccc(c23)N1.Cl. The van der Waals surface area contributed by atoms with Crippen molar-refractivity contribution < 1.29 is 14.3 Å². The second kappa shape index (κ2) is 6.45. The van der Waals surface area contributed by atoms with Gasteiger partial charge in [-0.15, -0.1) is 12.4 Å². The zero-order valence-corrected chi connectivity index (χ0v) is 12.3. The van der Waals surface area contributed by atoms with Crippen LogP contribution in [-0.4, -0.2) is 25.2 Å². The van der Waals surface area contributed by atoms with Crippen molar-refractivity contribution in [3.05, 3.63) is 36.4 Å². The van der Waals surface area contributed by atoms with E-state index in [-0.39, 0.29) is 19.0 Å². The lowest BCUT2D eigenvalue weighted by Gasteiger charge is -2.18. The molecule has 2 aromatic carbocycles. The molecule has 0 unspecified atom stereocenters. The van der Waals surface area contributed by atoms with E-state index in [1.165, 1.54) is 0 Å². The summed E-state index contributed by atoms with van der Waals surface area (Å²) in [6, 6.07) is 11.9. The average molecular weight is 307 g/mol. The maximum absolute atomic E-state index is 11.2. The Labute approximate surface area is 128 Å². The van der Waals surface area contributed by atoms with E-state index in [0.29, 0.717) is 12.4 Å². The molecule has 0 bridgehead atoms. The summed E-state index contributed by atoms with van der Waals surface area (Å²) < 4.78 is 9.69. The first-order valence-electron chi connectivity index (χ1n) is 6.44. The van der Waals surface area contributed by atoms with Crippen molar-refractivity contribution in [2.75, 3.05) is 18.5 Å². The molecule has 0 amide bonds. The van der Waals surface area contributed by atoms with Crippen LogP contribution in [0.5, 0.6) is 0 Å². The second-order valence-corrected chi connectivity index (χ2v) is 4.34. The lowest BCUT2D eigenvalue weighted by Crippen LogP contribution is -2.23. The van der Waals surface area contributed by atoms with Crippen molar-refractivity contribution in [2.45, 2.75) is 6.92 Å². The van der Waals surface area contributed by atoms with Gasteiger partial charge in [0.1, 0.15) is 5.84 Å². The van der Waals surface area contributed by atoms with Crippen molar-refractivity contribution in [1.29, 1.82) is 0 Å². The summed E-state index contributed by atoms with van der Waals surface area (Å²) in [4.78, 5) is 15.7. The Morgan fingerprint density at radius 3 is 2.71 bits per heavy atom. The molecule has 0 spiro atoms. The van der Waals surface area contributed by atoms with Crippen LogP contribution in [0, 0.1) is 0 Å². The molecule has 0 aliphatic carbocycles. The number of nitrogens with one attached hydrogen (secondary N) is 1. The van der Waals surface area contributed by atoms with E-state index in [9.17, 15) is 4.79 Å². The number of rotatable bonds is 3. The van der Waals surface area contributed by atoms with E-state index >= 15 is 0 Å². The Morgan fingerprint density at radius 1 is 1.19 bits per heavy atom. The number of ether oxygens (including phenoxy) is 2. The molecule has 0 aromatic heterocycles. The third-order valence-corrected chi connectivity index (χ3v) is 3.01. The van der Waals surface area contributed by atoms with E-state index in [0.717, 1.165) is 22.1 Å². The quantitative estimate of drug-likeness (QED) is 0.874. The highest BCUT2D eigenvalue weighted by molar-refractivity contribution is 6.14. The molecule has 1 N–H and O–H groups in total. The minimum atomic E-state index is -0.686. The van der Waals surface area contributed by atoms with Crippen molar-refractivity contribution in [2.24, 2.45) is 4.99 Å². The number of nitrogens with zero attached hydrogens (tertiary/aromatic N) is 1. The second-order valence-electron chi connectivity index (χ2n) is 4.34. The summed E-state index contributed by atoms with van der Waals surface area (Å²) in [6.07, 6.45) is -0.686. The summed E-state index contributed by atoms with van der Waals surface area (Å²) in [5.41, 5.74) is 1.84. The van der Waals surface area contributed by atoms with Gasteiger partial charge in [0.2, 0.25) is 0 Å². The van der Waals surface area contributed by atoms with E-state index in [1.807, 2.05) is 36.4 Å². The van der Waals surface area contributed by atoms with Crippen molar-refractivity contribution in [1.82, 2.24) is 0 Å². The highest BCUT2D eigenvalue weighted by Crippen LogP contribution is 2.35. The summed E-state index contributed by atoms with van der Waals surface area (Å²) in [7, 11) is 0. The highest BCUT2D eigenvalue weighted by atomic mass is 35.5. The number of aliphatic imine (C=N–C) groups is 1. The lowest BCUT2D eigenvalue weighted by molar-refractivity contribution is 0.0699. The van der Waals surface area contributed by atoms with Crippen LogP contribution in [0.25, 0.3) is 10.8 Å². The van der Waals surface area contributed by atoms with Crippen LogP contribution in [-0.2, 0) is 9.47 Å². The molecule has 6 heteroatoms. The highest BCUT2D eigenvalue weighted by Gasteiger charge is 2.15. The predicted molar refractivity (Wildman–Crippen MR) is 84.9 cm³/mol. The number of anilines is 1. The zero-order chi connectivity index (χ0) is 13.9. The van der Waals surface area contributed by atoms with E-state index in [4.69, 9.17) is 9.47 Å². The van der Waals surface area contributed by atoms with Gasteiger partial charge in [0.25, 0.3) is 0 Å². The van der Waals surface area contributed by atoms with Gasteiger partial charge in [-0.2, -0.15) is 0 Å². The zero-order valence-electron chi connectivity index (χ0n) is 11.5. The summed E-state index contributed by atoms with van der Waals surface area (Å²) >= 11 is 0. The number of carbonyl (C=O) groups excluding carboxylic acids is 1. The molecular formula is C15H15ClN2O3. The fourth-order valence-corrected chi connectivity index (χ4v) is 2.20. The minimum Gasteiger partial charge on any atom is -0.435 e. The maximum Gasteiger partial charge on any atom is 0.508 e. The standard InChI is InChI=1S/C15H14N2O3.ClH/c1-2-19-15(18)20-9-13-16-11-7-3-5-10-6-4-8-12(17-13)14(10)11;/h3-8H,2,9H2,1H3,(H,16,17);1H. The van der Waals surface area contributed by atoms with Gasteiger partial charge in [-0.25, -0.2) is 9.79 Å². The first-order valence-corrected chi connectivity index (χ1v) is 6.44. The number of benzene rings is 2. The molecular weight excluding hydrogens is 292 g/mol. The molecule has 0 saturated heterocycles. The summed E-state index contributed by atoms with van der Waals surface area (Å²) in [5, 5.41) is 5.38. The Kier molecular flexibility index (Phi) is 4.65. The fraction of sp³-hybridized carbons (Fsp3) is 0.200. The average Bonchev–Trinajstić information content (AvgIpc) is 2.46. The van der Waals surface area contributed by atoms with E-state index in [1.54, 1.807) is 6.92 Å². The van der Waals surface area contributed by atoms with E-state index < -0.39 is 6.16 Å². The van der Waals surface area contributed by atoms with Gasteiger partial charge in [-0.1, -0.05) is 24.3 Å². The van der Waals surface area contributed by atoms with Crippen molar-refractivity contribution >= 4 is 46.5 Å². The summed E-state index contributed by atoms with van der Waals surface area (Å²) in [6.45, 7) is 2.08. The number of hydrogen-bond acceptors (Lipinski definition) is 5. The van der Waals surface area contributed by atoms with E-state index in [2.05, 4.69) is 10.3 Å². The normalized spacial score (nSPS) is 12.0. The molecule has 5 nitrogen and oxygen atoms in total. The van der Waals surface area contributed by atoms with Gasteiger partial charge < -0.3 is 14.8 Å². The van der Waals surface area contributed by atoms with Crippen LogP contribution in [0.1, 0.15) is 6.92 Å². The topological polar surface area (TPSA) is 59.9 Å². The van der Waals surface area contributed by atoms with Gasteiger partial charge in [-0.05, 0) is 24.4 Å². The first kappa shape index (κ1) is 15.1. The number of halogens is 1. The van der Waals surface area contributed by atoms with Crippen LogP contribution in [0.3, 0.4) is 0 Å². The maximum atomic E-state index is 11.2. The Bertz CT molecular complexity index is 695. The van der Waals surface area contributed by atoms with Crippen molar-refractivity contribution in [3.8, 4) is 0 Å². The largest absolute Gasteiger partial charge is 0.508 e. The Morgan fingerprint density at radius 2 is 1.95 bits per heavy atom. The first-order chi connectivity index (χ1) is 9.78. The molecule has 1 aliphatic rings. The molecule has 110 valence electrons. The van der Waals surface area contributed by atoms with Gasteiger partial charge in [0.05, 0.1) is 12.3 Å². The molecule has 1 aliphatic heterocycles. The predicted octanol–water partition coefficient (Wildman–Crippen LogP) is 3.89. The molecule has 3 rings (SSSR count). The molecule has 2 aromatic rings. The number of carbonyl (C=O) groups is 1. The smallest absolute Gasteiger partial charge is 0.435 e. The third-order valence-electron chi connectivity index (χ3n) is 3.01. The molecule has 0 fully saturated rings. The molecule has 0 atom stereocenters. The third kappa shape index (κ3) is 3.08. The number of hydrogen-bond donors (Lipinski definition) is 1. The summed E-state index contributed by atoms with van der Waals surface area (Å²) in [5.74, 6) is 0.587. The van der Waals surface area contributed by atoms with Crippen LogP contribution in [0.4, 0.5) is 16.2 Å². The monoisotopic (exact) mass is 306 g/mol. The van der Waals surface area contributed by atoms with Crippen LogP contribution >= 0.6 is 12.4 Å². The van der Waals surface area contributed by atoms with Crippen LogP contribution in [0.15, 0.2) is 41.4 Å². The van der Waals surface area contributed by atoms with Crippen LogP contribution < -0.4 is 5.32 Å². The number of amidine groups is 1. The van der Waals surface area contributed by atoms with Gasteiger partial charge >= 0.3 is 6.16 Å². The van der Waals surface area contributed by atoms with Crippen molar-refractivity contribution in [3.63, 3.8) is 0 Å². The molecule has 0 radical (unpaired) electrons. The minimum absolute atomic E-state index is 0. The van der Waals surface area contributed by atoms with Gasteiger partial charge in [0.15, 0.2) is 6.61 Å². The van der Waals surface area contributed by atoms with Crippen LogP contribution in [0.2, 0.25) is 0 Å². The Balaban J connectivity index is 0.00000161. The molecule has 1 heterocycles. The lowest BCUT2D eigenvalue weighted by atomic mass is 10.1. The van der Waals surface area contributed by atoms with Gasteiger partial charge in [0, 0.05) is 11.1 Å². The van der Waals surface area contributed by atoms with Gasteiger partial charge in [-0.3, -0.25) is 0 Å². The fourth-order valence-electron chi connectivity index (χ4n) is 2.20. The molecule has 0 saturated carbocycles. The molecule has 21 heavy (non-hydrogen) atoms.